The maximum atomic E-state index is 13.2. The molecule has 200 valence electrons. The molecule has 0 bridgehead atoms. The number of oxazole rings is 1. The van der Waals surface area contributed by atoms with Crippen molar-refractivity contribution in [3.05, 3.63) is 83.2 Å². The van der Waals surface area contributed by atoms with Crippen LogP contribution in [0.25, 0.3) is 21.7 Å². The topological polar surface area (TPSA) is 113 Å². The van der Waals surface area contributed by atoms with Gasteiger partial charge in [-0.3, -0.25) is 14.9 Å². The molecule has 0 fully saturated rings. The monoisotopic (exact) mass is 543 g/mol. The molecule has 5 rings (SSSR count). The number of carbonyl (C=O) groups excluding carboxylic acids is 2. The van der Waals surface area contributed by atoms with E-state index in [2.05, 4.69) is 10.3 Å². The summed E-state index contributed by atoms with van der Waals surface area (Å²) in [5, 5.41) is 13.5. The Morgan fingerprint density at radius 3 is 2.56 bits per heavy atom. The summed E-state index contributed by atoms with van der Waals surface area (Å²) in [7, 11) is 0. The number of thiophene rings is 1. The van der Waals surface area contributed by atoms with Crippen LogP contribution in [0.2, 0.25) is 0 Å². The lowest BCUT2D eigenvalue weighted by Gasteiger charge is -2.22. The van der Waals surface area contributed by atoms with E-state index in [1.807, 2.05) is 49.4 Å². The Labute approximate surface area is 229 Å². The van der Waals surface area contributed by atoms with Crippen LogP contribution in [0.4, 0.5) is 11.6 Å². The zero-order chi connectivity index (χ0) is 27.7. The lowest BCUT2D eigenvalue weighted by molar-refractivity contribution is 0.0630. The van der Waals surface area contributed by atoms with Crippen LogP contribution in [-0.4, -0.2) is 43.6 Å². The summed E-state index contributed by atoms with van der Waals surface area (Å²) in [5.74, 6) is 1.01. The van der Waals surface area contributed by atoms with E-state index < -0.39 is 5.60 Å². The maximum Gasteiger partial charge on any atom is 0.268 e. The summed E-state index contributed by atoms with van der Waals surface area (Å²) in [6.07, 6.45) is 1.63. The Morgan fingerprint density at radius 1 is 1.13 bits per heavy atom. The predicted octanol–water partition coefficient (Wildman–Crippen LogP) is 5.75. The largest absolute Gasteiger partial charge is 0.440 e. The zero-order valence-corrected chi connectivity index (χ0v) is 23.0. The molecule has 0 radical (unpaired) electrons. The highest BCUT2D eigenvalue weighted by Gasteiger charge is 2.23. The van der Waals surface area contributed by atoms with E-state index in [9.17, 15) is 14.7 Å². The number of fused-ring (bicyclic) bond motifs is 1. The van der Waals surface area contributed by atoms with Gasteiger partial charge < -0.3 is 19.0 Å². The Kier molecular flexibility index (Phi) is 7.07. The summed E-state index contributed by atoms with van der Waals surface area (Å²) in [5.41, 5.74) is 1.54. The molecular formula is C29H29N5O4S. The number of carbonyl (C=O) groups is 2. The van der Waals surface area contributed by atoms with Gasteiger partial charge in [-0.25, -0.2) is 9.97 Å². The Bertz CT molecular complexity index is 1650. The van der Waals surface area contributed by atoms with Gasteiger partial charge in [-0.2, -0.15) is 0 Å². The number of anilines is 2. The lowest BCUT2D eigenvalue weighted by atomic mass is 10.1. The summed E-state index contributed by atoms with van der Waals surface area (Å²) >= 11 is 1.29. The molecule has 2 N–H and O–H groups in total. The fourth-order valence-corrected chi connectivity index (χ4v) is 5.19. The molecule has 0 aliphatic heterocycles. The number of hydrogen-bond donors (Lipinski definition) is 2. The van der Waals surface area contributed by atoms with Crippen molar-refractivity contribution in [3.8, 4) is 10.6 Å². The molecular weight excluding hydrogens is 514 g/mol. The number of amides is 2. The number of aliphatic hydroxyl groups is 1. The highest BCUT2D eigenvalue weighted by atomic mass is 32.1. The first kappa shape index (κ1) is 26.3. The number of hydrogen-bond acceptors (Lipinski definition) is 7. The van der Waals surface area contributed by atoms with Crippen LogP contribution in [0.5, 0.6) is 0 Å². The predicted molar refractivity (Wildman–Crippen MR) is 152 cm³/mol. The van der Waals surface area contributed by atoms with E-state index >= 15 is 0 Å². The van der Waals surface area contributed by atoms with Crippen molar-refractivity contribution < 1.29 is 19.1 Å². The minimum atomic E-state index is -1.06. The van der Waals surface area contributed by atoms with Crippen LogP contribution >= 0.6 is 11.3 Å². The molecule has 0 atom stereocenters. The van der Waals surface area contributed by atoms with Gasteiger partial charge in [0.2, 0.25) is 5.95 Å². The third-order valence-corrected chi connectivity index (χ3v) is 7.19. The van der Waals surface area contributed by atoms with Crippen molar-refractivity contribution >= 4 is 45.8 Å². The van der Waals surface area contributed by atoms with Crippen molar-refractivity contribution in [3.63, 3.8) is 0 Å². The molecule has 0 aliphatic rings. The van der Waals surface area contributed by atoms with Crippen LogP contribution in [0.3, 0.4) is 0 Å². The first-order valence-electron chi connectivity index (χ1n) is 12.6. The first-order chi connectivity index (χ1) is 18.6. The molecule has 5 aromatic rings. The van der Waals surface area contributed by atoms with Gasteiger partial charge in [0.25, 0.3) is 11.8 Å². The fraction of sp³-hybridized carbons (Fsp3) is 0.241. The molecule has 3 heterocycles. The summed E-state index contributed by atoms with van der Waals surface area (Å²) in [6.45, 7) is 7.74. The number of nitrogens with zero attached hydrogens (tertiary/aromatic N) is 4. The Morgan fingerprint density at radius 2 is 1.90 bits per heavy atom. The smallest absolute Gasteiger partial charge is 0.268 e. The van der Waals surface area contributed by atoms with Gasteiger partial charge in [-0.1, -0.05) is 18.2 Å². The summed E-state index contributed by atoms with van der Waals surface area (Å²) < 4.78 is 7.35. The maximum absolute atomic E-state index is 13.2. The third kappa shape index (κ3) is 5.62. The average Bonchev–Trinajstić information content (AvgIpc) is 3.63. The molecule has 2 amide bonds. The quantitative estimate of drug-likeness (QED) is 0.258. The molecule has 10 heteroatoms. The zero-order valence-electron chi connectivity index (χ0n) is 22.1. The highest BCUT2D eigenvalue weighted by molar-refractivity contribution is 7.17. The van der Waals surface area contributed by atoms with Crippen molar-refractivity contribution in [1.29, 1.82) is 0 Å². The van der Waals surface area contributed by atoms with Gasteiger partial charge in [0.1, 0.15) is 0 Å². The van der Waals surface area contributed by atoms with Crippen LogP contribution in [0.15, 0.2) is 71.3 Å². The number of rotatable bonds is 8. The van der Waals surface area contributed by atoms with Crippen LogP contribution in [0.1, 0.15) is 46.7 Å². The lowest BCUT2D eigenvalue weighted by Crippen LogP contribution is -2.30. The molecule has 0 aliphatic carbocycles. The minimum Gasteiger partial charge on any atom is -0.440 e. The van der Waals surface area contributed by atoms with Crippen LogP contribution in [0, 0.1) is 6.92 Å². The van der Waals surface area contributed by atoms with Gasteiger partial charge >= 0.3 is 0 Å². The molecule has 3 aromatic heterocycles. The summed E-state index contributed by atoms with van der Waals surface area (Å²) in [6, 6.07) is 18.2. The summed E-state index contributed by atoms with van der Waals surface area (Å²) in [4.78, 5) is 38.2. The van der Waals surface area contributed by atoms with Crippen LogP contribution < -0.4 is 10.2 Å². The van der Waals surface area contributed by atoms with Gasteiger partial charge in [-0.05, 0) is 63.2 Å². The SMILES string of the molecule is CCN(C(=O)c1ccccc1)c1ccc2c(c1)nc(NC(=O)c1ccc(-c3cnc(C)o3)s1)n2CC(C)(C)O. The number of aryl methyl sites for hydroxylation is 1. The number of aromatic nitrogens is 3. The van der Waals surface area contributed by atoms with E-state index in [4.69, 9.17) is 9.40 Å². The normalized spacial score (nSPS) is 11.6. The standard InChI is InChI=1S/C29H29N5O4S/c1-5-33(27(36)19-9-7-6-8-10-19)20-11-12-22-21(15-20)31-28(34(22)17-29(3,4)37)32-26(35)25-14-13-24(39-25)23-16-30-18(2)38-23/h6-16,37H,5,17H2,1-4H3,(H,31,32,35). The molecule has 2 aromatic carbocycles. The third-order valence-electron chi connectivity index (χ3n) is 6.09. The molecule has 0 unspecified atom stereocenters. The van der Waals surface area contributed by atoms with E-state index in [-0.39, 0.29) is 18.4 Å². The molecule has 9 nitrogen and oxygen atoms in total. The van der Waals surface area contributed by atoms with E-state index in [0.717, 1.165) is 10.4 Å². The van der Waals surface area contributed by atoms with E-state index in [0.29, 0.717) is 45.8 Å². The number of imidazole rings is 1. The second-order valence-corrected chi connectivity index (χ2v) is 10.9. The van der Waals surface area contributed by atoms with E-state index in [1.165, 1.54) is 11.3 Å². The second-order valence-electron chi connectivity index (χ2n) is 9.78. The van der Waals surface area contributed by atoms with Crippen molar-refractivity contribution in [2.45, 2.75) is 39.8 Å². The Hall–Kier alpha value is -4.28. The van der Waals surface area contributed by atoms with Gasteiger partial charge in [0, 0.05) is 24.7 Å². The van der Waals surface area contributed by atoms with E-state index in [1.54, 1.807) is 54.6 Å². The Balaban J connectivity index is 1.48. The number of nitrogens with one attached hydrogen (secondary N) is 1. The van der Waals surface area contributed by atoms with Gasteiger partial charge in [0.05, 0.1) is 39.1 Å². The van der Waals surface area contributed by atoms with Crippen LogP contribution in [-0.2, 0) is 6.54 Å². The second kappa shape index (κ2) is 10.5. The van der Waals surface area contributed by atoms with Crippen molar-refractivity contribution in [1.82, 2.24) is 14.5 Å². The van der Waals surface area contributed by atoms with Crippen molar-refractivity contribution in [2.75, 3.05) is 16.8 Å². The molecule has 0 spiro atoms. The van der Waals surface area contributed by atoms with Gasteiger partial charge in [-0.15, -0.1) is 11.3 Å². The minimum absolute atomic E-state index is 0.114. The number of benzene rings is 2. The van der Waals surface area contributed by atoms with Gasteiger partial charge in [0.15, 0.2) is 11.7 Å². The first-order valence-corrected chi connectivity index (χ1v) is 13.4. The fourth-order valence-electron chi connectivity index (χ4n) is 4.34. The molecule has 39 heavy (non-hydrogen) atoms. The molecule has 0 saturated heterocycles. The van der Waals surface area contributed by atoms with Crippen molar-refractivity contribution in [2.24, 2.45) is 0 Å². The molecule has 0 saturated carbocycles. The average molecular weight is 544 g/mol. The highest BCUT2D eigenvalue weighted by Crippen LogP contribution is 2.31.